The highest BCUT2D eigenvalue weighted by Gasteiger charge is 2.34. The summed E-state index contributed by atoms with van der Waals surface area (Å²) in [6, 6.07) is 5.07. The molecule has 0 bridgehead atoms. The van der Waals surface area contributed by atoms with Crippen molar-refractivity contribution in [2.24, 2.45) is 11.8 Å². The Bertz CT molecular complexity index is 960. The third kappa shape index (κ3) is 3.74. The summed E-state index contributed by atoms with van der Waals surface area (Å²) in [7, 11) is 0. The number of anilines is 1. The lowest BCUT2D eigenvalue weighted by Gasteiger charge is -2.32. The summed E-state index contributed by atoms with van der Waals surface area (Å²) in [6.07, 6.45) is 5.13. The van der Waals surface area contributed by atoms with Crippen molar-refractivity contribution in [2.45, 2.75) is 52.5 Å². The maximum atomic E-state index is 13.4. The molecule has 4 rings (SSSR count). The summed E-state index contributed by atoms with van der Waals surface area (Å²) >= 11 is 0. The first-order chi connectivity index (χ1) is 14.3. The number of fused-ring (bicyclic) bond motifs is 1. The fourth-order valence-electron chi connectivity index (χ4n) is 4.16. The Morgan fingerprint density at radius 1 is 1.17 bits per heavy atom. The van der Waals surface area contributed by atoms with E-state index in [-0.39, 0.29) is 36.0 Å². The van der Waals surface area contributed by atoms with E-state index in [1.807, 2.05) is 13.8 Å². The third-order valence-corrected chi connectivity index (χ3v) is 5.89. The largest absolute Gasteiger partial charge is 0.477 e. The molecule has 1 aromatic carbocycles. The molecule has 1 amide bonds. The quantitative estimate of drug-likeness (QED) is 0.800. The molecule has 1 aromatic heterocycles. The van der Waals surface area contributed by atoms with Crippen molar-refractivity contribution >= 4 is 17.7 Å². The topological polar surface area (TPSA) is 93.9 Å². The van der Waals surface area contributed by atoms with Crippen molar-refractivity contribution in [3.8, 4) is 17.2 Å². The Morgan fingerprint density at radius 3 is 2.53 bits per heavy atom. The molecule has 1 N–H and O–H groups in total. The average molecular weight is 413 g/mol. The first kappa shape index (κ1) is 20.3. The molecule has 1 aliphatic carbocycles. The van der Waals surface area contributed by atoms with Gasteiger partial charge in [-0.15, -0.1) is 5.10 Å². The average Bonchev–Trinajstić information content (AvgIpc) is 3.35. The highest BCUT2D eigenvalue weighted by molar-refractivity contribution is 6.01. The molecule has 1 saturated carbocycles. The zero-order chi connectivity index (χ0) is 21.4. The lowest BCUT2D eigenvalue weighted by molar-refractivity contribution is -0.123. The van der Waals surface area contributed by atoms with Crippen LogP contribution in [0.25, 0.3) is 5.69 Å². The second-order valence-corrected chi connectivity index (χ2v) is 8.41. The van der Waals surface area contributed by atoms with Gasteiger partial charge in [0.25, 0.3) is 0 Å². The molecule has 0 saturated heterocycles. The number of ether oxygens (including phenoxy) is 2. The standard InChI is InChI=1S/C22H27N3O5/c1-13(2)25(21(26)15-6-4-14(3)5-7-15)20-17(22(27)28)11-24(23-20)16-8-9-18-19(10-16)30-12-29-18/h8-11,13-15H,4-7,12H2,1-3H3,(H,27,28). The molecule has 160 valence electrons. The predicted molar refractivity (Wildman–Crippen MR) is 110 cm³/mol. The van der Waals surface area contributed by atoms with Crippen molar-refractivity contribution in [3.63, 3.8) is 0 Å². The van der Waals surface area contributed by atoms with Crippen LogP contribution >= 0.6 is 0 Å². The number of aromatic carboxylic acids is 1. The number of hydrogen-bond acceptors (Lipinski definition) is 5. The van der Waals surface area contributed by atoms with Crippen LogP contribution in [0.4, 0.5) is 5.82 Å². The second-order valence-electron chi connectivity index (χ2n) is 8.41. The third-order valence-electron chi connectivity index (χ3n) is 5.89. The van der Waals surface area contributed by atoms with Gasteiger partial charge in [-0.1, -0.05) is 6.92 Å². The summed E-state index contributed by atoms with van der Waals surface area (Å²) in [4.78, 5) is 26.9. The molecule has 2 aromatic rings. The Morgan fingerprint density at radius 2 is 1.87 bits per heavy atom. The molecule has 30 heavy (non-hydrogen) atoms. The van der Waals surface area contributed by atoms with Crippen LogP contribution in [0.2, 0.25) is 0 Å². The van der Waals surface area contributed by atoms with Crippen molar-refractivity contribution in [2.75, 3.05) is 11.7 Å². The lowest BCUT2D eigenvalue weighted by atomic mass is 9.82. The van der Waals surface area contributed by atoms with E-state index in [1.54, 1.807) is 23.1 Å². The summed E-state index contributed by atoms with van der Waals surface area (Å²) in [5.74, 6) is 0.758. The van der Waals surface area contributed by atoms with Gasteiger partial charge in [0.15, 0.2) is 17.3 Å². The Hall–Kier alpha value is -3.03. The van der Waals surface area contributed by atoms with Gasteiger partial charge in [-0.25, -0.2) is 9.48 Å². The van der Waals surface area contributed by atoms with Crippen LogP contribution in [0.15, 0.2) is 24.4 Å². The molecule has 8 nitrogen and oxygen atoms in total. The van der Waals surface area contributed by atoms with Gasteiger partial charge in [-0.3, -0.25) is 9.69 Å². The van der Waals surface area contributed by atoms with Crippen molar-refractivity contribution < 1.29 is 24.2 Å². The number of rotatable bonds is 5. The van der Waals surface area contributed by atoms with Crippen LogP contribution in [0.1, 0.15) is 56.8 Å². The Balaban J connectivity index is 1.70. The number of aromatic nitrogens is 2. The highest BCUT2D eigenvalue weighted by atomic mass is 16.7. The Labute approximate surface area is 175 Å². The summed E-state index contributed by atoms with van der Waals surface area (Å²) in [6.45, 7) is 6.12. The number of carbonyl (C=O) groups excluding carboxylic acids is 1. The number of amides is 1. The molecule has 8 heteroatoms. The van der Waals surface area contributed by atoms with Crippen LogP contribution in [0.5, 0.6) is 11.5 Å². The van der Waals surface area contributed by atoms with Crippen molar-refractivity contribution in [1.82, 2.24) is 9.78 Å². The van der Waals surface area contributed by atoms with Gasteiger partial charge >= 0.3 is 5.97 Å². The maximum Gasteiger partial charge on any atom is 0.341 e. The van der Waals surface area contributed by atoms with Gasteiger partial charge in [0.1, 0.15) is 5.56 Å². The van der Waals surface area contributed by atoms with Gasteiger partial charge < -0.3 is 14.6 Å². The van der Waals surface area contributed by atoms with E-state index in [4.69, 9.17) is 9.47 Å². The first-order valence-electron chi connectivity index (χ1n) is 10.4. The highest BCUT2D eigenvalue weighted by Crippen LogP contribution is 2.35. The van der Waals surface area contributed by atoms with Crippen LogP contribution in [-0.2, 0) is 4.79 Å². The van der Waals surface area contributed by atoms with Gasteiger partial charge in [-0.05, 0) is 57.6 Å². The predicted octanol–water partition coefficient (Wildman–Crippen LogP) is 3.87. The Kier molecular flexibility index (Phi) is 5.40. The van der Waals surface area contributed by atoms with Crippen molar-refractivity contribution in [3.05, 3.63) is 30.0 Å². The van der Waals surface area contributed by atoms with Gasteiger partial charge in [-0.2, -0.15) is 0 Å². The number of carboxylic acids is 1. The molecule has 1 aliphatic heterocycles. The van der Waals surface area contributed by atoms with Crippen LogP contribution < -0.4 is 14.4 Å². The van der Waals surface area contributed by atoms with Gasteiger partial charge in [0, 0.05) is 24.2 Å². The molecule has 1 fully saturated rings. The van der Waals surface area contributed by atoms with Gasteiger partial charge in [0.05, 0.1) is 5.69 Å². The lowest BCUT2D eigenvalue weighted by Crippen LogP contribution is -2.43. The molecule has 2 heterocycles. The first-order valence-corrected chi connectivity index (χ1v) is 10.4. The minimum atomic E-state index is -1.12. The van der Waals surface area contributed by atoms with E-state index in [0.717, 1.165) is 25.7 Å². The molecule has 0 unspecified atom stereocenters. The molecular weight excluding hydrogens is 386 g/mol. The molecule has 0 spiro atoms. The van der Waals surface area contributed by atoms with E-state index in [0.29, 0.717) is 23.1 Å². The zero-order valence-corrected chi connectivity index (χ0v) is 17.5. The number of benzene rings is 1. The number of carbonyl (C=O) groups is 2. The minimum absolute atomic E-state index is 0.00102. The molecule has 0 atom stereocenters. The summed E-state index contributed by atoms with van der Waals surface area (Å²) < 4.78 is 12.2. The van der Waals surface area contributed by atoms with E-state index in [9.17, 15) is 14.7 Å². The smallest absolute Gasteiger partial charge is 0.341 e. The minimum Gasteiger partial charge on any atom is -0.477 e. The number of carboxylic acid groups (broad SMARTS) is 1. The van der Waals surface area contributed by atoms with Crippen LogP contribution in [0, 0.1) is 11.8 Å². The van der Waals surface area contributed by atoms with E-state index < -0.39 is 5.97 Å². The number of nitrogens with zero attached hydrogens (tertiary/aromatic N) is 3. The van der Waals surface area contributed by atoms with E-state index >= 15 is 0 Å². The fraction of sp³-hybridized carbons (Fsp3) is 0.500. The summed E-state index contributed by atoms with van der Waals surface area (Å²) in [5.41, 5.74) is 0.634. The van der Waals surface area contributed by atoms with Gasteiger partial charge in [0.2, 0.25) is 12.7 Å². The second kappa shape index (κ2) is 8.01. The zero-order valence-electron chi connectivity index (χ0n) is 17.5. The van der Waals surface area contributed by atoms with Crippen LogP contribution in [-0.4, -0.2) is 39.6 Å². The van der Waals surface area contributed by atoms with E-state index in [2.05, 4.69) is 12.0 Å². The normalized spacial score (nSPS) is 20.4. The van der Waals surface area contributed by atoms with Crippen molar-refractivity contribution in [1.29, 1.82) is 0 Å². The maximum absolute atomic E-state index is 13.4. The molecular formula is C22H27N3O5. The van der Waals surface area contributed by atoms with Crippen LogP contribution in [0.3, 0.4) is 0 Å². The number of hydrogen-bond donors (Lipinski definition) is 1. The SMILES string of the molecule is CC1CCC(C(=O)N(c2nn(-c3ccc4c(c3)OCO4)cc2C(=O)O)C(C)C)CC1. The molecule has 2 aliphatic rings. The molecule has 0 radical (unpaired) electrons. The van der Waals surface area contributed by atoms with E-state index in [1.165, 1.54) is 10.9 Å². The fourth-order valence-corrected chi connectivity index (χ4v) is 4.16. The summed E-state index contributed by atoms with van der Waals surface area (Å²) in [5, 5.41) is 14.3. The monoisotopic (exact) mass is 413 g/mol.